The lowest BCUT2D eigenvalue weighted by molar-refractivity contribution is -0.142. The standard InChI is InChI=1S/C17H20N2O4S2/c1-2-22-16(21)10-13-11-24-17(19-13)25-12-15(20)18-8-9-23-14-6-4-3-5-7-14/h3-7,11H,2,8-10,12H2,1H3,(H,18,20). The zero-order chi connectivity index (χ0) is 17.9. The van der Waals surface area contributed by atoms with Crippen LogP contribution in [0.15, 0.2) is 40.1 Å². The smallest absolute Gasteiger partial charge is 0.311 e. The topological polar surface area (TPSA) is 77.5 Å². The van der Waals surface area contributed by atoms with Crippen LogP contribution in [0.1, 0.15) is 12.6 Å². The number of aromatic nitrogens is 1. The minimum Gasteiger partial charge on any atom is -0.492 e. The van der Waals surface area contributed by atoms with Gasteiger partial charge in [0.05, 0.1) is 31.0 Å². The van der Waals surface area contributed by atoms with Gasteiger partial charge in [0.25, 0.3) is 0 Å². The van der Waals surface area contributed by atoms with Gasteiger partial charge in [-0.3, -0.25) is 9.59 Å². The highest BCUT2D eigenvalue weighted by Crippen LogP contribution is 2.22. The molecule has 0 fully saturated rings. The molecule has 0 aliphatic heterocycles. The Morgan fingerprint density at radius 3 is 2.84 bits per heavy atom. The van der Waals surface area contributed by atoms with Gasteiger partial charge in [-0.05, 0) is 19.1 Å². The quantitative estimate of drug-likeness (QED) is 0.388. The average Bonchev–Trinajstić information content (AvgIpc) is 3.05. The van der Waals surface area contributed by atoms with E-state index in [1.165, 1.54) is 23.1 Å². The van der Waals surface area contributed by atoms with Crippen LogP contribution in [-0.2, 0) is 20.7 Å². The van der Waals surface area contributed by atoms with Crippen molar-refractivity contribution >= 4 is 35.0 Å². The highest BCUT2D eigenvalue weighted by atomic mass is 32.2. The van der Waals surface area contributed by atoms with Gasteiger partial charge in [0.15, 0.2) is 4.34 Å². The summed E-state index contributed by atoms with van der Waals surface area (Å²) >= 11 is 2.76. The molecule has 0 aliphatic carbocycles. The number of para-hydroxylation sites is 1. The number of amides is 1. The molecule has 0 aliphatic rings. The minimum atomic E-state index is -0.291. The Kier molecular flexibility index (Phi) is 8.27. The first-order valence-electron chi connectivity index (χ1n) is 7.84. The van der Waals surface area contributed by atoms with Crippen molar-refractivity contribution < 1.29 is 19.1 Å². The zero-order valence-corrected chi connectivity index (χ0v) is 15.5. The maximum Gasteiger partial charge on any atom is 0.311 e. The first-order valence-corrected chi connectivity index (χ1v) is 9.71. The molecule has 2 rings (SSSR count). The molecule has 8 heteroatoms. The third-order valence-electron chi connectivity index (χ3n) is 2.92. The largest absolute Gasteiger partial charge is 0.492 e. The van der Waals surface area contributed by atoms with Crippen molar-refractivity contribution in [3.05, 3.63) is 41.4 Å². The Hall–Kier alpha value is -2.06. The molecule has 134 valence electrons. The Bertz CT molecular complexity index is 676. The fraction of sp³-hybridized carbons (Fsp3) is 0.353. The molecular formula is C17H20N2O4S2. The lowest BCUT2D eigenvalue weighted by Gasteiger charge is -2.07. The summed E-state index contributed by atoms with van der Waals surface area (Å²) in [6.07, 6.45) is 0.161. The molecule has 0 spiro atoms. The molecule has 1 heterocycles. The van der Waals surface area contributed by atoms with E-state index in [1.807, 2.05) is 35.7 Å². The van der Waals surface area contributed by atoms with E-state index >= 15 is 0 Å². The van der Waals surface area contributed by atoms with Crippen molar-refractivity contribution in [1.29, 1.82) is 0 Å². The van der Waals surface area contributed by atoms with Crippen molar-refractivity contribution in [2.45, 2.75) is 17.7 Å². The molecule has 0 saturated carbocycles. The van der Waals surface area contributed by atoms with Gasteiger partial charge in [-0.1, -0.05) is 30.0 Å². The van der Waals surface area contributed by atoms with Crippen molar-refractivity contribution in [2.24, 2.45) is 0 Å². The fourth-order valence-corrected chi connectivity index (χ4v) is 3.52. The lowest BCUT2D eigenvalue weighted by atomic mass is 10.3. The Balaban J connectivity index is 1.61. The molecule has 0 unspecified atom stereocenters. The SMILES string of the molecule is CCOC(=O)Cc1csc(SCC(=O)NCCOc2ccccc2)n1. The molecule has 0 radical (unpaired) electrons. The summed E-state index contributed by atoms with van der Waals surface area (Å²) in [4.78, 5) is 27.5. The number of hydrogen-bond acceptors (Lipinski definition) is 7. The number of rotatable bonds is 10. The predicted octanol–water partition coefficient (Wildman–Crippen LogP) is 2.54. The highest BCUT2D eigenvalue weighted by molar-refractivity contribution is 8.01. The number of nitrogens with zero attached hydrogens (tertiary/aromatic N) is 1. The molecule has 6 nitrogen and oxygen atoms in total. The Labute approximate surface area is 154 Å². The van der Waals surface area contributed by atoms with E-state index in [1.54, 1.807) is 6.92 Å². The van der Waals surface area contributed by atoms with Crippen LogP contribution in [0.4, 0.5) is 0 Å². The molecule has 0 bridgehead atoms. The molecule has 0 saturated heterocycles. The number of thioether (sulfide) groups is 1. The molecule has 2 aromatic rings. The van der Waals surface area contributed by atoms with E-state index in [2.05, 4.69) is 10.3 Å². The van der Waals surface area contributed by atoms with Gasteiger partial charge in [0.1, 0.15) is 12.4 Å². The first kappa shape index (κ1) is 19.3. The number of esters is 1. The third-order valence-corrected chi connectivity index (χ3v) is 4.99. The van der Waals surface area contributed by atoms with E-state index in [0.29, 0.717) is 25.5 Å². The maximum absolute atomic E-state index is 11.8. The summed E-state index contributed by atoms with van der Waals surface area (Å²) in [6.45, 7) is 2.99. The van der Waals surface area contributed by atoms with Crippen LogP contribution in [0, 0.1) is 0 Å². The van der Waals surface area contributed by atoms with Crippen LogP contribution in [0.2, 0.25) is 0 Å². The van der Waals surface area contributed by atoms with Crippen LogP contribution in [0.5, 0.6) is 5.75 Å². The molecule has 1 N–H and O–H groups in total. The van der Waals surface area contributed by atoms with Crippen LogP contribution in [-0.4, -0.2) is 42.4 Å². The Morgan fingerprint density at radius 2 is 2.08 bits per heavy atom. The molecule has 25 heavy (non-hydrogen) atoms. The second-order valence-electron chi connectivity index (χ2n) is 4.89. The van der Waals surface area contributed by atoms with E-state index in [4.69, 9.17) is 9.47 Å². The predicted molar refractivity (Wildman–Crippen MR) is 98.1 cm³/mol. The zero-order valence-electron chi connectivity index (χ0n) is 13.9. The normalized spacial score (nSPS) is 10.3. The van der Waals surface area contributed by atoms with Crippen molar-refractivity contribution in [3.8, 4) is 5.75 Å². The van der Waals surface area contributed by atoms with Gasteiger partial charge in [0.2, 0.25) is 5.91 Å². The summed E-state index contributed by atoms with van der Waals surface area (Å²) in [7, 11) is 0. The number of hydrogen-bond donors (Lipinski definition) is 1. The second kappa shape index (κ2) is 10.7. The lowest BCUT2D eigenvalue weighted by Crippen LogP contribution is -2.29. The van der Waals surface area contributed by atoms with Crippen molar-refractivity contribution in [1.82, 2.24) is 10.3 Å². The van der Waals surface area contributed by atoms with Crippen LogP contribution in [0.3, 0.4) is 0 Å². The van der Waals surface area contributed by atoms with Crippen LogP contribution in [0.25, 0.3) is 0 Å². The summed E-state index contributed by atoms with van der Waals surface area (Å²) in [6, 6.07) is 9.45. The van der Waals surface area contributed by atoms with Gasteiger partial charge < -0.3 is 14.8 Å². The van der Waals surface area contributed by atoms with Crippen LogP contribution >= 0.6 is 23.1 Å². The van der Waals surface area contributed by atoms with Gasteiger partial charge >= 0.3 is 5.97 Å². The van der Waals surface area contributed by atoms with Gasteiger partial charge in [-0.15, -0.1) is 11.3 Å². The van der Waals surface area contributed by atoms with Crippen molar-refractivity contribution in [2.75, 3.05) is 25.5 Å². The van der Waals surface area contributed by atoms with E-state index in [-0.39, 0.29) is 24.1 Å². The first-order chi connectivity index (χ1) is 12.2. The number of carbonyl (C=O) groups excluding carboxylic acids is 2. The van der Waals surface area contributed by atoms with Crippen LogP contribution < -0.4 is 10.1 Å². The number of ether oxygens (including phenoxy) is 2. The number of carbonyl (C=O) groups is 2. The molecule has 1 amide bonds. The average molecular weight is 380 g/mol. The number of thiazole rings is 1. The number of nitrogens with one attached hydrogen (secondary N) is 1. The molecule has 1 aromatic carbocycles. The summed E-state index contributed by atoms with van der Waals surface area (Å²) < 4.78 is 11.1. The van der Waals surface area contributed by atoms with E-state index < -0.39 is 0 Å². The monoisotopic (exact) mass is 380 g/mol. The summed E-state index contributed by atoms with van der Waals surface area (Å²) in [5.41, 5.74) is 0.669. The second-order valence-corrected chi connectivity index (χ2v) is 6.97. The molecule has 1 aromatic heterocycles. The van der Waals surface area contributed by atoms with E-state index in [0.717, 1.165) is 10.1 Å². The highest BCUT2D eigenvalue weighted by Gasteiger charge is 2.10. The van der Waals surface area contributed by atoms with E-state index in [9.17, 15) is 9.59 Å². The van der Waals surface area contributed by atoms with Gasteiger partial charge in [0, 0.05) is 5.38 Å². The fourth-order valence-electron chi connectivity index (χ4n) is 1.85. The maximum atomic E-state index is 11.8. The minimum absolute atomic E-state index is 0.0798. The Morgan fingerprint density at radius 1 is 1.28 bits per heavy atom. The van der Waals surface area contributed by atoms with Gasteiger partial charge in [-0.25, -0.2) is 4.98 Å². The molecular weight excluding hydrogens is 360 g/mol. The number of benzene rings is 1. The summed E-state index contributed by atoms with van der Waals surface area (Å²) in [5, 5.41) is 4.61. The third kappa shape index (κ3) is 7.57. The van der Waals surface area contributed by atoms with Crippen molar-refractivity contribution in [3.63, 3.8) is 0 Å². The molecule has 0 atom stereocenters. The van der Waals surface area contributed by atoms with Gasteiger partial charge in [-0.2, -0.15) is 0 Å². The summed E-state index contributed by atoms with van der Waals surface area (Å²) in [5.74, 6) is 0.685.